The molecule has 0 spiro atoms. The van der Waals surface area contributed by atoms with Gasteiger partial charge in [-0.25, -0.2) is 4.98 Å². The maximum absolute atomic E-state index is 13.5. The number of aromatic nitrogens is 2. The molecular weight excluding hydrogens is 477 g/mol. The number of nitrogens with two attached hydrogens (primary N) is 1. The van der Waals surface area contributed by atoms with E-state index in [1.165, 1.54) is 7.11 Å². The number of piperidine rings is 1. The number of amides is 1. The van der Waals surface area contributed by atoms with Crippen LogP contribution in [0.4, 0.5) is 24.8 Å². The fourth-order valence-electron chi connectivity index (χ4n) is 4.43. The number of hydrogen-bond donors (Lipinski definition) is 3. The van der Waals surface area contributed by atoms with Gasteiger partial charge in [0.1, 0.15) is 17.4 Å². The molecular formula is C24H31F3N6O3. The Labute approximate surface area is 207 Å². The van der Waals surface area contributed by atoms with E-state index in [1.807, 2.05) is 7.05 Å². The highest BCUT2D eigenvalue weighted by molar-refractivity contribution is 5.95. The Bertz CT molecular complexity index is 1080. The molecule has 0 radical (unpaired) electrons. The molecule has 1 saturated heterocycles. The second-order valence-corrected chi connectivity index (χ2v) is 9.25. The number of alkyl halides is 3. The monoisotopic (exact) mass is 508 g/mol. The highest BCUT2D eigenvalue weighted by Crippen LogP contribution is 2.37. The molecule has 4 rings (SSSR count). The first kappa shape index (κ1) is 26.0. The normalized spacial score (nSPS) is 21.3. The summed E-state index contributed by atoms with van der Waals surface area (Å²) < 4.78 is 51.6. The van der Waals surface area contributed by atoms with Gasteiger partial charge < -0.3 is 30.7 Å². The molecule has 1 saturated carbocycles. The van der Waals surface area contributed by atoms with Crippen LogP contribution in [0.25, 0.3) is 0 Å². The van der Waals surface area contributed by atoms with Gasteiger partial charge in [-0.3, -0.25) is 4.79 Å². The van der Waals surface area contributed by atoms with Gasteiger partial charge in [0.05, 0.1) is 12.8 Å². The second-order valence-electron chi connectivity index (χ2n) is 9.25. The summed E-state index contributed by atoms with van der Waals surface area (Å²) in [4.78, 5) is 22.8. The zero-order valence-corrected chi connectivity index (χ0v) is 20.3. The van der Waals surface area contributed by atoms with Crippen molar-refractivity contribution >= 4 is 17.5 Å². The first-order valence-electron chi connectivity index (χ1n) is 11.9. The van der Waals surface area contributed by atoms with Crippen LogP contribution < -0.4 is 25.8 Å². The maximum atomic E-state index is 13.5. The summed E-state index contributed by atoms with van der Waals surface area (Å²) in [7, 11) is 3.48. The molecule has 9 nitrogen and oxygen atoms in total. The number of hydrogen-bond acceptors (Lipinski definition) is 8. The number of carbonyl (C=O) groups excluding carboxylic acids is 1. The third-order valence-corrected chi connectivity index (χ3v) is 6.59. The lowest BCUT2D eigenvalue weighted by atomic mass is 10.0. The number of anilines is 2. The minimum absolute atomic E-state index is 0.101. The van der Waals surface area contributed by atoms with Crippen LogP contribution in [0.3, 0.4) is 0 Å². The molecule has 2 unspecified atom stereocenters. The smallest absolute Gasteiger partial charge is 0.423 e. The van der Waals surface area contributed by atoms with Crippen molar-refractivity contribution in [2.24, 2.45) is 5.73 Å². The average Bonchev–Trinajstić information content (AvgIpc) is 3.24. The lowest BCUT2D eigenvalue weighted by Crippen LogP contribution is -2.43. The Hall–Kier alpha value is -3.12. The summed E-state index contributed by atoms with van der Waals surface area (Å²) in [5, 5.41) is 5.91. The molecule has 1 aliphatic carbocycles. The lowest BCUT2D eigenvalue weighted by molar-refractivity contribution is -0.140. The van der Waals surface area contributed by atoms with Crippen molar-refractivity contribution in [3.8, 4) is 11.6 Å². The quantitative estimate of drug-likeness (QED) is 0.522. The Kier molecular flexibility index (Phi) is 7.84. The molecule has 1 amide bonds. The zero-order valence-electron chi connectivity index (χ0n) is 20.3. The molecule has 2 heterocycles. The molecule has 2 atom stereocenters. The fourth-order valence-corrected chi connectivity index (χ4v) is 4.43. The van der Waals surface area contributed by atoms with Gasteiger partial charge in [0.2, 0.25) is 11.8 Å². The molecule has 2 aromatic rings. The van der Waals surface area contributed by atoms with E-state index in [2.05, 4.69) is 25.5 Å². The highest BCUT2D eigenvalue weighted by Gasteiger charge is 2.38. The number of methoxy groups -OCH3 is 1. The van der Waals surface area contributed by atoms with E-state index in [-0.39, 0.29) is 23.9 Å². The number of carbonyl (C=O) groups is 1. The molecule has 0 bridgehead atoms. The van der Waals surface area contributed by atoms with E-state index in [1.54, 1.807) is 18.2 Å². The SMILES string of the molecule is COc1cc(C(=O)NC2CCN(C)CC2)ccc1Nc1ncc(C(F)(F)F)c(OC2CCCC2N)n1. The first-order valence-corrected chi connectivity index (χ1v) is 11.9. The molecule has 36 heavy (non-hydrogen) atoms. The van der Waals surface area contributed by atoms with Gasteiger partial charge in [-0.15, -0.1) is 0 Å². The number of nitrogens with one attached hydrogen (secondary N) is 2. The lowest BCUT2D eigenvalue weighted by Gasteiger charge is -2.29. The molecule has 12 heteroatoms. The van der Waals surface area contributed by atoms with Crippen LogP contribution in [0.1, 0.15) is 48.0 Å². The number of benzene rings is 1. The first-order chi connectivity index (χ1) is 17.1. The minimum atomic E-state index is -4.68. The molecule has 4 N–H and O–H groups in total. The van der Waals surface area contributed by atoms with E-state index < -0.39 is 23.7 Å². The Morgan fingerprint density at radius 1 is 1.19 bits per heavy atom. The Morgan fingerprint density at radius 2 is 1.94 bits per heavy atom. The third kappa shape index (κ3) is 6.16. The van der Waals surface area contributed by atoms with Crippen LogP contribution in [0.5, 0.6) is 11.6 Å². The van der Waals surface area contributed by atoms with Crippen molar-refractivity contribution in [2.45, 2.75) is 56.5 Å². The van der Waals surface area contributed by atoms with Crippen LogP contribution in [0.15, 0.2) is 24.4 Å². The Balaban J connectivity index is 1.51. The van der Waals surface area contributed by atoms with Gasteiger partial charge in [0.25, 0.3) is 5.91 Å². The predicted molar refractivity (Wildman–Crippen MR) is 128 cm³/mol. The van der Waals surface area contributed by atoms with Crippen LogP contribution >= 0.6 is 0 Å². The van der Waals surface area contributed by atoms with Gasteiger partial charge in [-0.2, -0.15) is 18.2 Å². The van der Waals surface area contributed by atoms with Crippen molar-refractivity contribution in [3.05, 3.63) is 35.5 Å². The molecule has 2 aliphatic rings. The van der Waals surface area contributed by atoms with E-state index in [0.29, 0.717) is 36.0 Å². The average molecular weight is 509 g/mol. The van der Waals surface area contributed by atoms with Crippen molar-refractivity contribution in [2.75, 3.05) is 32.6 Å². The summed E-state index contributed by atoms with van der Waals surface area (Å²) in [6.45, 7) is 1.84. The van der Waals surface area contributed by atoms with Crippen LogP contribution in [-0.2, 0) is 6.18 Å². The van der Waals surface area contributed by atoms with Crippen LogP contribution in [-0.4, -0.2) is 66.2 Å². The highest BCUT2D eigenvalue weighted by atomic mass is 19.4. The second kappa shape index (κ2) is 10.9. The number of nitrogens with zero attached hydrogens (tertiary/aromatic N) is 3. The van der Waals surface area contributed by atoms with Crippen LogP contribution in [0.2, 0.25) is 0 Å². The largest absolute Gasteiger partial charge is 0.495 e. The van der Waals surface area contributed by atoms with Crippen molar-refractivity contribution in [1.82, 2.24) is 20.2 Å². The van der Waals surface area contributed by atoms with E-state index in [9.17, 15) is 18.0 Å². The number of halogens is 3. The molecule has 2 fully saturated rings. The van der Waals surface area contributed by atoms with E-state index in [4.69, 9.17) is 15.2 Å². The summed E-state index contributed by atoms with van der Waals surface area (Å²) in [5.74, 6) is -0.583. The summed E-state index contributed by atoms with van der Waals surface area (Å²) in [5.41, 5.74) is 5.70. The summed E-state index contributed by atoms with van der Waals surface area (Å²) >= 11 is 0. The number of likely N-dealkylation sites (tertiary alicyclic amines) is 1. The fraction of sp³-hybridized carbons (Fsp3) is 0.542. The molecule has 1 aromatic carbocycles. The zero-order chi connectivity index (χ0) is 25.9. The van der Waals surface area contributed by atoms with E-state index >= 15 is 0 Å². The molecule has 1 aromatic heterocycles. The van der Waals surface area contributed by atoms with Crippen molar-refractivity contribution < 1.29 is 27.4 Å². The third-order valence-electron chi connectivity index (χ3n) is 6.59. The van der Waals surface area contributed by atoms with Gasteiger partial charge in [-0.1, -0.05) is 0 Å². The van der Waals surface area contributed by atoms with Gasteiger partial charge in [0.15, 0.2) is 0 Å². The Morgan fingerprint density at radius 3 is 2.58 bits per heavy atom. The summed E-state index contributed by atoms with van der Waals surface area (Å²) in [6, 6.07) is 4.51. The standard InChI is InChI=1S/C24H31F3N6O3/c1-33-10-8-15(9-11-33)30-21(34)14-6-7-18(20(12-14)35-2)31-23-29-13-16(24(25,26)27)22(32-23)36-19-5-3-4-17(19)28/h6-7,12-13,15,17,19H,3-5,8-11,28H2,1-2H3,(H,30,34)(H,29,31,32). The minimum Gasteiger partial charge on any atom is -0.495 e. The van der Waals surface area contributed by atoms with E-state index in [0.717, 1.165) is 32.4 Å². The van der Waals surface area contributed by atoms with Gasteiger partial charge in [-0.05, 0) is 70.4 Å². The predicted octanol–water partition coefficient (Wildman–Crippen LogP) is 3.33. The number of ether oxygens (including phenoxy) is 2. The van der Waals surface area contributed by atoms with Gasteiger partial charge in [0, 0.05) is 23.8 Å². The van der Waals surface area contributed by atoms with Gasteiger partial charge >= 0.3 is 6.18 Å². The molecule has 1 aliphatic heterocycles. The van der Waals surface area contributed by atoms with Crippen LogP contribution in [0, 0.1) is 0 Å². The van der Waals surface area contributed by atoms with Crippen molar-refractivity contribution in [1.29, 1.82) is 0 Å². The van der Waals surface area contributed by atoms with Crippen molar-refractivity contribution in [3.63, 3.8) is 0 Å². The number of rotatable bonds is 7. The summed E-state index contributed by atoms with van der Waals surface area (Å²) in [6.07, 6.45) is -0.792. The topological polar surface area (TPSA) is 115 Å². The molecule has 196 valence electrons. The maximum Gasteiger partial charge on any atom is 0.423 e.